The van der Waals surface area contributed by atoms with Crippen LogP contribution in [-0.4, -0.2) is 10.7 Å². The van der Waals surface area contributed by atoms with Crippen LogP contribution in [0.5, 0.6) is 0 Å². The van der Waals surface area contributed by atoms with Crippen LogP contribution in [0.2, 0.25) is 0 Å². The summed E-state index contributed by atoms with van der Waals surface area (Å²) in [6, 6.07) is 2.20. The molecule has 0 aliphatic carbocycles. The van der Waals surface area contributed by atoms with E-state index in [4.69, 9.17) is 5.26 Å². The quantitative estimate of drug-likeness (QED) is 0.463. The number of hydrogen-bond donors (Lipinski definition) is 0. The summed E-state index contributed by atoms with van der Waals surface area (Å²) in [5.41, 5.74) is -3.74. The van der Waals surface area contributed by atoms with Crippen molar-refractivity contribution in [1.82, 2.24) is 0 Å². The molecule has 0 amide bonds. The van der Waals surface area contributed by atoms with Gasteiger partial charge in [-0.25, -0.2) is 0 Å². The Bertz CT molecular complexity index is 573. The minimum Gasteiger partial charge on any atom is -0.294 e. The zero-order chi connectivity index (χ0) is 14.1. The Morgan fingerprint density at radius 1 is 1.44 bits per heavy atom. The number of halogens is 3. The molecule has 0 heterocycles. The first-order valence-corrected chi connectivity index (χ1v) is 4.49. The average molecular weight is 258 g/mol. The number of Topliss-reactive ketones (excluding diaryl/α,β-unsaturated/α-hetero) is 1. The molecule has 0 bridgehead atoms. The smallest absolute Gasteiger partial charge is 0.294 e. The first-order chi connectivity index (χ1) is 8.18. The molecule has 0 spiro atoms. The molecule has 0 saturated carbocycles. The average Bonchev–Trinajstić information content (AvgIpc) is 2.25. The van der Waals surface area contributed by atoms with Crippen LogP contribution in [0.15, 0.2) is 12.1 Å². The van der Waals surface area contributed by atoms with E-state index in [9.17, 15) is 28.1 Å². The number of carbonyl (C=O) groups excluding carboxylic acids is 1. The summed E-state index contributed by atoms with van der Waals surface area (Å²) >= 11 is 0. The first kappa shape index (κ1) is 13.6. The van der Waals surface area contributed by atoms with Crippen LogP contribution >= 0.6 is 0 Å². The van der Waals surface area contributed by atoms with E-state index in [1.165, 1.54) is 6.07 Å². The lowest BCUT2D eigenvalue weighted by atomic mass is 10.00. The highest BCUT2D eigenvalue weighted by atomic mass is 19.4. The molecule has 0 N–H and O–H groups in total. The van der Waals surface area contributed by atoms with Crippen molar-refractivity contribution in [2.24, 2.45) is 0 Å². The van der Waals surface area contributed by atoms with Crippen LogP contribution in [0.4, 0.5) is 18.9 Å². The van der Waals surface area contributed by atoms with Gasteiger partial charge in [0.2, 0.25) is 0 Å². The van der Waals surface area contributed by atoms with E-state index >= 15 is 0 Å². The van der Waals surface area contributed by atoms with Crippen molar-refractivity contribution in [3.63, 3.8) is 0 Å². The standard InChI is InChI=1S/C10H5F3N2O3/c1-5(16)7-3-9(15(17)18)8(10(11,12)13)2-6(7)4-14/h2-3H,1H3. The van der Waals surface area contributed by atoms with Crippen molar-refractivity contribution in [1.29, 1.82) is 5.26 Å². The third kappa shape index (κ3) is 2.45. The fourth-order valence-corrected chi connectivity index (χ4v) is 1.35. The number of nitrogens with zero attached hydrogens (tertiary/aromatic N) is 2. The molecule has 0 aromatic heterocycles. The van der Waals surface area contributed by atoms with Crippen LogP contribution < -0.4 is 0 Å². The van der Waals surface area contributed by atoms with Crippen LogP contribution in [0.1, 0.15) is 28.4 Å². The Hall–Kier alpha value is -2.43. The molecule has 0 fully saturated rings. The van der Waals surface area contributed by atoms with E-state index in [1.54, 1.807) is 0 Å². The third-order valence-electron chi connectivity index (χ3n) is 2.14. The van der Waals surface area contributed by atoms with Crippen LogP contribution in [0.25, 0.3) is 0 Å². The lowest BCUT2D eigenvalue weighted by Gasteiger charge is -2.09. The largest absolute Gasteiger partial charge is 0.423 e. The van der Waals surface area contributed by atoms with E-state index < -0.39 is 39.3 Å². The van der Waals surface area contributed by atoms with Gasteiger partial charge in [-0.05, 0) is 13.0 Å². The second-order valence-electron chi connectivity index (χ2n) is 3.34. The summed E-state index contributed by atoms with van der Waals surface area (Å²) in [5.74, 6) is -0.719. The number of rotatable bonds is 2. The monoisotopic (exact) mass is 258 g/mol. The van der Waals surface area contributed by atoms with Gasteiger partial charge in [0.15, 0.2) is 5.78 Å². The molecule has 0 radical (unpaired) electrons. The second kappa shape index (κ2) is 4.44. The molecule has 0 unspecified atom stereocenters. The van der Waals surface area contributed by atoms with Gasteiger partial charge in [0.05, 0.1) is 16.6 Å². The Kier molecular flexibility index (Phi) is 3.37. The summed E-state index contributed by atoms with van der Waals surface area (Å²) in [4.78, 5) is 20.4. The number of nitro benzene ring substituents is 1. The highest BCUT2D eigenvalue weighted by molar-refractivity contribution is 5.97. The summed E-state index contributed by atoms with van der Waals surface area (Å²) < 4.78 is 37.7. The normalized spacial score (nSPS) is 10.8. The van der Waals surface area contributed by atoms with Crippen LogP contribution in [0.3, 0.4) is 0 Å². The first-order valence-electron chi connectivity index (χ1n) is 4.49. The van der Waals surface area contributed by atoms with E-state index in [0.717, 1.165) is 6.92 Å². The van der Waals surface area contributed by atoms with Crippen LogP contribution in [-0.2, 0) is 6.18 Å². The van der Waals surface area contributed by atoms with E-state index in [-0.39, 0.29) is 0 Å². The number of nitro groups is 1. The lowest BCUT2D eigenvalue weighted by Crippen LogP contribution is -2.11. The maximum absolute atomic E-state index is 12.6. The molecule has 1 aromatic carbocycles. The minimum atomic E-state index is -4.97. The van der Waals surface area contributed by atoms with Crippen molar-refractivity contribution in [3.05, 3.63) is 38.9 Å². The molecule has 1 aromatic rings. The predicted molar refractivity (Wildman–Crippen MR) is 52.8 cm³/mol. The number of benzene rings is 1. The fraction of sp³-hybridized carbons (Fsp3) is 0.200. The van der Waals surface area contributed by atoms with Gasteiger partial charge in [-0.1, -0.05) is 0 Å². The molecule has 0 aliphatic heterocycles. The van der Waals surface area contributed by atoms with Crippen molar-refractivity contribution in [2.45, 2.75) is 13.1 Å². The number of nitriles is 1. The van der Waals surface area contributed by atoms with E-state index in [1.807, 2.05) is 0 Å². The van der Waals surface area contributed by atoms with Gasteiger partial charge in [-0.2, -0.15) is 18.4 Å². The van der Waals surface area contributed by atoms with Gasteiger partial charge in [0.1, 0.15) is 5.56 Å². The van der Waals surface area contributed by atoms with Crippen LogP contribution in [0, 0.1) is 21.4 Å². The summed E-state index contributed by atoms with van der Waals surface area (Å²) in [6.07, 6.45) is -4.97. The van der Waals surface area contributed by atoms with Gasteiger partial charge in [0, 0.05) is 11.6 Å². The lowest BCUT2D eigenvalue weighted by molar-refractivity contribution is -0.388. The molecular formula is C10H5F3N2O3. The molecule has 1 rings (SSSR count). The number of ketones is 1. The number of hydrogen-bond acceptors (Lipinski definition) is 4. The molecule has 5 nitrogen and oxygen atoms in total. The number of alkyl halides is 3. The zero-order valence-electron chi connectivity index (χ0n) is 8.91. The molecular weight excluding hydrogens is 253 g/mol. The molecule has 0 aliphatic rings. The topological polar surface area (TPSA) is 84.0 Å². The summed E-state index contributed by atoms with van der Waals surface area (Å²) in [6.45, 7) is 1.01. The van der Waals surface area contributed by atoms with E-state index in [0.29, 0.717) is 12.1 Å². The predicted octanol–water partition coefficient (Wildman–Crippen LogP) is 2.69. The maximum Gasteiger partial charge on any atom is 0.423 e. The highest BCUT2D eigenvalue weighted by Crippen LogP contribution is 2.37. The van der Waals surface area contributed by atoms with Gasteiger partial charge in [-0.15, -0.1) is 0 Å². The third-order valence-corrected chi connectivity index (χ3v) is 2.14. The minimum absolute atomic E-state index is 0.314. The van der Waals surface area contributed by atoms with Crippen molar-refractivity contribution in [2.75, 3.05) is 0 Å². The molecule has 8 heteroatoms. The molecule has 94 valence electrons. The Labute approximate surface area is 98.6 Å². The Balaban J connectivity index is 3.70. The SMILES string of the molecule is CC(=O)c1cc([N+](=O)[O-])c(C(F)(F)F)cc1C#N. The summed E-state index contributed by atoms with van der Waals surface area (Å²) in [5, 5.41) is 19.2. The Morgan fingerprint density at radius 2 is 2.00 bits per heavy atom. The maximum atomic E-state index is 12.6. The Morgan fingerprint density at radius 3 is 2.33 bits per heavy atom. The molecule has 0 saturated heterocycles. The van der Waals surface area contributed by atoms with Gasteiger partial charge >= 0.3 is 6.18 Å². The summed E-state index contributed by atoms with van der Waals surface area (Å²) in [7, 11) is 0. The molecule has 18 heavy (non-hydrogen) atoms. The highest BCUT2D eigenvalue weighted by Gasteiger charge is 2.39. The van der Waals surface area contributed by atoms with Gasteiger partial charge in [0.25, 0.3) is 5.69 Å². The van der Waals surface area contributed by atoms with Crippen molar-refractivity contribution >= 4 is 11.5 Å². The fourth-order valence-electron chi connectivity index (χ4n) is 1.35. The zero-order valence-corrected chi connectivity index (χ0v) is 8.91. The molecule has 0 atom stereocenters. The van der Waals surface area contributed by atoms with Crippen molar-refractivity contribution < 1.29 is 22.9 Å². The van der Waals surface area contributed by atoms with Gasteiger partial charge < -0.3 is 0 Å². The van der Waals surface area contributed by atoms with E-state index in [2.05, 4.69) is 0 Å². The number of carbonyl (C=O) groups is 1. The second-order valence-corrected chi connectivity index (χ2v) is 3.34. The van der Waals surface area contributed by atoms with Crippen molar-refractivity contribution in [3.8, 4) is 6.07 Å². The van der Waals surface area contributed by atoms with Gasteiger partial charge in [-0.3, -0.25) is 14.9 Å².